The van der Waals surface area contributed by atoms with E-state index in [1.807, 2.05) is 51.1 Å². The minimum atomic E-state index is -0.965. The van der Waals surface area contributed by atoms with Crippen LogP contribution in [0, 0.1) is 6.92 Å². The Morgan fingerprint density at radius 2 is 1.76 bits per heavy atom. The molecule has 0 bridgehead atoms. The topological polar surface area (TPSA) is 76.1 Å². The molecule has 6 nitrogen and oxygen atoms in total. The van der Waals surface area contributed by atoms with Gasteiger partial charge >= 0.3 is 12.1 Å². The maximum atomic E-state index is 12.2. The summed E-state index contributed by atoms with van der Waals surface area (Å²) in [6.45, 7) is 7.68. The second-order valence-corrected chi connectivity index (χ2v) is 7.99. The van der Waals surface area contributed by atoms with Crippen molar-refractivity contribution in [3.05, 3.63) is 65.2 Å². The Balaban J connectivity index is 2.13. The maximum absolute atomic E-state index is 12.2. The molecule has 0 aliphatic carbocycles. The van der Waals surface area contributed by atoms with Crippen LogP contribution in [0.2, 0.25) is 0 Å². The molecule has 0 fully saturated rings. The molecule has 0 spiro atoms. The van der Waals surface area contributed by atoms with E-state index < -0.39 is 11.6 Å². The minimum Gasteiger partial charge on any atom is -0.486 e. The number of benzene rings is 2. The lowest BCUT2D eigenvalue weighted by Gasteiger charge is -2.26. The lowest BCUT2D eigenvalue weighted by Crippen LogP contribution is -2.35. The third kappa shape index (κ3) is 6.82. The predicted octanol–water partition coefficient (Wildman–Crippen LogP) is 5.07. The van der Waals surface area contributed by atoms with Gasteiger partial charge in [-0.1, -0.05) is 30.3 Å². The Morgan fingerprint density at radius 3 is 2.31 bits per heavy atom. The first-order valence-corrected chi connectivity index (χ1v) is 9.56. The molecular formula is C23H29NO5. The van der Waals surface area contributed by atoms with E-state index in [1.165, 1.54) is 4.90 Å². The van der Waals surface area contributed by atoms with Gasteiger partial charge in [-0.3, -0.25) is 0 Å². The van der Waals surface area contributed by atoms with Crippen LogP contribution in [0.3, 0.4) is 0 Å². The molecule has 0 aromatic heterocycles. The van der Waals surface area contributed by atoms with Crippen molar-refractivity contribution in [2.75, 3.05) is 13.6 Å². The number of hydrogen-bond acceptors (Lipinski definition) is 4. The number of aromatic carboxylic acids is 1. The minimum absolute atomic E-state index is 0.248. The van der Waals surface area contributed by atoms with Gasteiger partial charge in [-0.05, 0) is 57.0 Å². The smallest absolute Gasteiger partial charge is 0.410 e. The molecule has 0 radical (unpaired) electrons. The first kappa shape index (κ1) is 22.3. The average molecular weight is 399 g/mol. The monoisotopic (exact) mass is 399 g/mol. The van der Waals surface area contributed by atoms with Crippen molar-refractivity contribution in [2.24, 2.45) is 0 Å². The molecule has 0 heterocycles. The number of carbonyl (C=O) groups excluding carboxylic acids is 1. The van der Waals surface area contributed by atoms with Crippen LogP contribution in [-0.2, 0) is 4.74 Å². The quantitative estimate of drug-likeness (QED) is 0.703. The molecule has 0 aliphatic heterocycles. The molecule has 2 rings (SSSR count). The van der Waals surface area contributed by atoms with Crippen molar-refractivity contribution in [3.63, 3.8) is 0 Å². The van der Waals surface area contributed by atoms with Gasteiger partial charge in [0.2, 0.25) is 0 Å². The lowest BCUT2D eigenvalue weighted by molar-refractivity contribution is 0.0278. The van der Waals surface area contributed by atoms with Crippen LogP contribution in [0.1, 0.15) is 54.8 Å². The zero-order valence-corrected chi connectivity index (χ0v) is 17.6. The molecular weight excluding hydrogens is 370 g/mol. The summed E-state index contributed by atoms with van der Waals surface area (Å²) in [5.74, 6) is -0.381. The van der Waals surface area contributed by atoms with Crippen molar-refractivity contribution in [1.82, 2.24) is 4.90 Å². The number of hydrogen-bond donors (Lipinski definition) is 1. The van der Waals surface area contributed by atoms with Gasteiger partial charge in [-0.15, -0.1) is 0 Å². The van der Waals surface area contributed by atoms with E-state index in [0.29, 0.717) is 24.3 Å². The van der Waals surface area contributed by atoms with Gasteiger partial charge in [0.15, 0.2) is 0 Å². The number of amides is 1. The van der Waals surface area contributed by atoms with E-state index in [-0.39, 0.29) is 17.8 Å². The largest absolute Gasteiger partial charge is 0.486 e. The predicted molar refractivity (Wildman–Crippen MR) is 111 cm³/mol. The summed E-state index contributed by atoms with van der Waals surface area (Å²) < 4.78 is 11.6. The van der Waals surface area contributed by atoms with Gasteiger partial charge in [-0.2, -0.15) is 0 Å². The van der Waals surface area contributed by atoms with Gasteiger partial charge in [0.1, 0.15) is 17.5 Å². The summed E-state index contributed by atoms with van der Waals surface area (Å²) in [7, 11) is 1.70. The number of ether oxygens (including phenoxy) is 2. The third-order valence-corrected chi connectivity index (χ3v) is 4.31. The summed E-state index contributed by atoms with van der Waals surface area (Å²) in [4.78, 5) is 25.0. The van der Waals surface area contributed by atoms with E-state index in [2.05, 4.69) is 0 Å². The highest BCUT2D eigenvalue weighted by molar-refractivity contribution is 5.89. The molecule has 1 atom stereocenters. The number of carbonyl (C=O) groups is 2. The van der Waals surface area contributed by atoms with E-state index in [4.69, 9.17) is 9.47 Å². The van der Waals surface area contributed by atoms with Crippen LogP contribution in [-0.4, -0.2) is 41.3 Å². The highest BCUT2D eigenvalue weighted by Gasteiger charge is 2.22. The van der Waals surface area contributed by atoms with Crippen molar-refractivity contribution in [1.29, 1.82) is 0 Å². The molecule has 1 amide bonds. The normalized spacial score (nSPS) is 12.2. The van der Waals surface area contributed by atoms with Gasteiger partial charge in [0.25, 0.3) is 0 Å². The highest BCUT2D eigenvalue weighted by atomic mass is 16.6. The fourth-order valence-corrected chi connectivity index (χ4v) is 2.82. The first-order valence-electron chi connectivity index (χ1n) is 9.56. The van der Waals surface area contributed by atoms with Crippen molar-refractivity contribution >= 4 is 12.1 Å². The summed E-state index contributed by atoms with van der Waals surface area (Å²) in [5, 5.41) is 9.20. The van der Waals surface area contributed by atoms with Gasteiger partial charge < -0.3 is 19.5 Å². The Hall–Kier alpha value is -3.02. The Labute approximate surface area is 172 Å². The zero-order chi connectivity index (χ0) is 21.6. The zero-order valence-electron chi connectivity index (χ0n) is 17.6. The molecule has 156 valence electrons. The summed E-state index contributed by atoms with van der Waals surface area (Å²) in [5.41, 5.74) is 1.31. The number of carboxylic acid groups (broad SMARTS) is 1. The number of rotatable bonds is 7. The number of nitrogens with zero attached hydrogens (tertiary/aromatic N) is 1. The van der Waals surface area contributed by atoms with E-state index >= 15 is 0 Å². The van der Waals surface area contributed by atoms with Crippen LogP contribution in [0.25, 0.3) is 0 Å². The van der Waals surface area contributed by atoms with Crippen LogP contribution in [0.5, 0.6) is 5.75 Å². The second kappa shape index (κ2) is 9.45. The van der Waals surface area contributed by atoms with Crippen LogP contribution < -0.4 is 4.74 Å². The average Bonchev–Trinajstić information content (AvgIpc) is 2.63. The Bertz CT molecular complexity index is 842. The van der Waals surface area contributed by atoms with Crippen LogP contribution in [0.4, 0.5) is 4.79 Å². The van der Waals surface area contributed by atoms with Crippen LogP contribution in [0.15, 0.2) is 48.5 Å². The van der Waals surface area contributed by atoms with E-state index in [0.717, 1.165) is 5.56 Å². The van der Waals surface area contributed by atoms with Gasteiger partial charge in [-0.25, -0.2) is 9.59 Å². The first-order chi connectivity index (χ1) is 13.6. The molecule has 0 aliphatic rings. The molecule has 1 N–H and O–H groups in total. The molecule has 2 aromatic rings. The van der Waals surface area contributed by atoms with Gasteiger partial charge in [0, 0.05) is 20.0 Å². The SMILES string of the molecule is Cc1cc(O[C@@H](CCN(C)C(=O)OC(C)(C)C)c2ccccc2)ccc1C(=O)O. The van der Waals surface area contributed by atoms with Gasteiger partial charge in [0.05, 0.1) is 5.56 Å². The molecule has 6 heteroatoms. The number of carboxylic acids is 1. The van der Waals surface area contributed by atoms with Crippen molar-refractivity contribution in [2.45, 2.75) is 45.8 Å². The second-order valence-electron chi connectivity index (χ2n) is 7.99. The summed E-state index contributed by atoms with van der Waals surface area (Å²) in [6.07, 6.45) is -0.124. The van der Waals surface area contributed by atoms with Crippen LogP contribution >= 0.6 is 0 Å². The number of aryl methyl sites for hydroxylation is 1. The molecule has 29 heavy (non-hydrogen) atoms. The van der Waals surface area contributed by atoms with Crippen molar-refractivity contribution in [3.8, 4) is 5.75 Å². The Morgan fingerprint density at radius 1 is 1.10 bits per heavy atom. The molecule has 0 saturated carbocycles. The summed E-state index contributed by atoms with van der Waals surface area (Å²) >= 11 is 0. The van der Waals surface area contributed by atoms with E-state index in [1.54, 1.807) is 32.2 Å². The molecule has 0 saturated heterocycles. The maximum Gasteiger partial charge on any atom is 0.410 e. The lowest BCUT2D eigenvalue weighted by atomic mass is 10.1. The molecule has 0 unspecified atom stereocenters. The third-order valence-electron chi connectivity index (χ3n) is 4.31. The fraction of sp³-hybridized carbons (Fsp3) is 0.391. The Kier molecular flexibility index (Phi) is 7.26. The standard InChI is InChI=1S/C23H29NO5/c1-16-15-18(11-12-19(16)21(25)26)28-20(17-9-7-6-8-10-17)13-14-24(5)22(27)29-23(2,3)4/h6-12,15,20H,13-14H2,1-5H3,(H,25,26)/t20-/m0/s1. The van der Waals surface area contributed by atoms with E-state index in [9.17, 15) is 14.7 Å². The van der Waals surface area contributed by atoms with Crippen molar-refractivity contribution < 1.29 is 24.2 Å². The summed E-state index contributed by atoms with van der Waals surface area (Å²) in [6, 6.07) is 14.7. The fourth-order valence-electron chi connectivity index (χ4n) is 2.82. The molecule has 2 aromatic carbocycles. The highest BCUT2D eigenvalue weighted by Crippen LogP contribution is 2.27.